The Hall–Kier alpha value is -1.63. The van der Waals surface area contributed by atoms with E-state index >= 15 is 0 Å². The van der Waals surface area contributed by atoms with E-state index in [0.717, 1.165) is 32.6 Å². The number of rotatable bonds is 3. The Labute approximate surface area is 130 Å². The van der Waals surface area contributed by atoms with Crippen molar-refractivity contribution in [2.24, 2.45) is 11.8 Å². The summed E-state index contributed by atoms with van der Waals surface area (Å²) in [6.45, 7) is 5.72. The predicted molar refractivity (Wildman–Crippen MR) is 79.9 cm³/mol. The molecule has 0 N–H and O–H groups in total. The lowest BCUT2D eigenvalue weighted by molar-refractivity contribution is -0.140. The minimum atomic E-state index is -0.130. The zero-order chi connectivity index (χ0) is 15.7. The van der Waals surface area contributed by atoms with Gasteiger partial charge in [0.25, 0.3) is 0 Å². The molecule has 7 nitrogen and oxygen atoms in total. The molecule has 7 heteroatoms. The standard InChI is InChI=1S/C15H24N4O3/c1-16-2-6-18(7-3-16)14(21)12-10-13(12)15(22)19-8-4-17(11-20)5-9-19/h11-13H,2-10H2,1H3. The molecule has 2 saturated heterocycles. The summed E-state index contributed by atoms with van der Waals surface area (Å²) in [5, 5.41) is 0. The molecule has 1 saturated carbocycles. The maximum Gasteiger partial charge on any atom is 0.226 e. The van der Waals surface area contributed by atoms with Gasteiger partial charge in [-0.15, -0.1) is 0 Å². The zero-order valence-electron chi connectivity index (χ0n) is 13.1. The van der Waals surface area contributed by atoms with Crippen molar-refractivity contribution in [1.29, 1.82) is 0 Å². The third kappa shape index (κ3) is 3.09. The maximum atomic E-state index is 12.4. The Balaban J connectivity index is 1.48. The van der Waals surface area contributed by atoms with Crippen LogP contribution in [0, 0.1) is 11.8 Å². The molecular formula is C15H24N4O3. The van der Waals surface area contributed by atoms with Crippen molar-refractivity contribution in [3.05, 3.63) is 0 Å². The largest absolute Gasteiger partial charge is 0.342 e. The van der Waals surface area contributed by atoms with Crippen LogP contribution in [0.5, 0.6) is 0 Å². The van der Waals surface area contributed by atoms with Gasteiger partial charge in [0.1, 0.15) is 0 Å². The van der Waals surface area contributed by atoms with E-state index in [1.165, 1.54) is 0 Å². The molecule has 1 aliphatic carbocycles. The van der Waals surface area contributed by atoms with Crippen LogP contribution < -0.4 is 0 Å². The molecule has 0 aromatic heterocycles. The maximum absolute atomic E-state index is 12.4. The van der Waals surface area contributed by atoms with Gasteiger partial charge < -0.3 is 19.6 Å². The highest BCUT2D eigenvalue weighted by Crippen LogP contribution is 2.41. The fraction of sp³-hybridized carbons (Fsp3) is 0.800. The van der Waals surface area contributed by atoms with E-state index in [1.807, 2.05) is 9.80 Å². The summed E-state index contributed by atoms with van der Waals surface area (Å²) in [5.74, 6) is 0.00551. The second kappa shape index (κ2) is 6.24. The Morgan fingerprint density at radius 3 is 1.73 bits per heavy atom. The van der Waals surface area contributed by atoms with E-state index in [9.17, 15) is 14.4 Å². The summed E-state index contributed by atoms with van der Waals surface area (Å²) in [7, 11) is 2.06. The smallest absolute Gasteiger partial charge is 0.226 e. The first kappa shape index (κ1) is 15.3. The number of nitrogens with zero attached hydrogens (tertiary/aromatic N) is 4. The summed E-state index contributed by atoms with van der Waals surface area (Å²) in [4.78, 5) is 43.2. The van der Waals surface area contributed by atoms with Crippen molar-refractivity contribution in [3.63, 3.8) is 0 Å². The highest BCUT2D eigenvalue weighted by atomic mass is 16.2. The first-order chi connectivity index (χ1) is 10.6. The normalized spacial score (nSPS) is 29.4. The van der Waals surface area contributed by atoms with Gasteiger partial charge in [0.2, 0.25) is 18.2 Å². The summed E-state index contributed by atoms with van der Waals surface area (Å²) < 4.78 is 0. The molecule has 3 rings (SSSR count). The van der Waals surface area contributed by atoms with Crippen molar-refractivity contribution in [2.75, 3.05) is 59.4 Å². The number of amides is 3. The van der Waals surface area contributed by atoms with Gasteiger partial charge in [-0.25, -0.2) is 0 Å². The van der Waals surface area contributed by atoms with Crippen LogP contribution in [0.2, 0.25) is 0 Å². The fourth-order valence-electron chi connectivity index (χ4n) is 3.28. The number of carbonyl (C=O) groups is 3. The van der Waals surface area contributed by atoms with Gasteiger partial charge in [0, 0.05) is 52.4 Å². The monoisotopic (exact) mass is 308 g/mol. The zero-order valence-corrected chi connectivity index (χ0v) is 13.1. The highest BCUT2D eigenvalue weighted by Gasteiger charge is 2.51. The fourth-order valence-corrected chi connectivity index (χ4v) is 3.28. The molecule has 0 aromatic rings. The lowest BCUT2D eigenvalue weighted by Crippen LogP contribution is -2.49. The van der Waals surface area contributed by atoms with Crippen molar-refractivity contribution in [1.82, 2.24) is 19.6 Å². The lowest BCUT2D eigenvalue weighted by atomic mass is 10.2. The van der Waals surface area contributed by atoms with Crippen LogP contribution in [-0.4, -0.2) is 97.2 Å². The van der Waals surface area contributed by atoms with Crippen molar-refractivity contribution >= 4 is 18.2 Å². The summed E-state index contributed by atoms with van der Waals surface area (Å²) in [6.07, 6.45) is 1.52. The molecule has 3 amide bonds. The number of piperazine rings is 2. The lowest BCUT2D eigenvalue weighted by Gasteiger charge is -2.33. The van der Waals surface area contributed by atoms with Crippen molar-refractivity contribution < 1.29 is 14.4 Å². The number of likely N-dealkylation sites (N-methyl/N-ethyl adjacent to an activating group) is 1. The molecular weight excluding hydrogens is 284 g/mol. The van der Waals surface area contributed by atoms with E-state index in [4.69, 9.17) is 0 Å². The van der Waals surface area contributed by atoms with Gasteiger partial charge in [-0.1, -0.05) is 0 Å². The molecule has 122 valence electrons. The molecule has 3 fully saturated rings. The summed E-state index contributed by atoms with van der Waals surface area (Å²) >= 11 is 0. The van der Waals surface area contributed by atoms with Crippen LogP contribution in [0.15, 0.2) is 0 Å². The molecule has 0 radical (unpaired) electrons. The van der Waals surface area contributed by atoms with Crippen LogP contribution >= 0.6 is 0 Å². The van der Waals surface area contributed by atoms with Crippen LogP contribution in [0.4, 0.5) is 0 Å². The van der Waals surface area contributed by atoms with Gasteiger partial charge in [0.15, 0.2) is 0 Å². The van der Waals surface area contributed by atoms with Gasteiger partial charge >= 0.3 is 0 Å². The second-order valence-electron chi connectivity index (χ2n) is 6.54. The number of hydrogen-bond donors (Lipinski definition) is 0. The number of carbonyl (C=O) groups excluding carboxylic acids is 3. The Bertz CT molecular complexity index is 454. The Morgan fingerprint density at radius 1 is 0.818 bits per heavy atom. The molecule has 2 unspecified atom stereocenters. The average Bonchev–Trinajstić information content (AvgIpc) is 3.35. The van der Waals surface area contributed by atoms with Crippen molar-refractivity contribution in [3.8, 4) is 0 Å². The molecule has 0 spiro atoms. The Kier molecular flexibility index (Phi) is 4.33. The van der Waals surface area contributed by atoms with E-state index < -0.39 is 0 Å². The minimum absolute atomic E-state index is 0.0954. The van der Waals surface area contributed by atoms with Crippen molar-refractivity contribution in [2.45, 2.75) is 6.42 Å². The quantitative estimate of drug-likeness (QED) is 0.608. The average molecular weight is 308 g/mol. The second-order valence-corrected chi connectivity index (χ2v) is 6.54. The first-order valence-corrected chi connectivity index (χ1v) is 8.05. The Morgan fingerprint density at radius 2 is 1.27 bits per heavy atom. The number of hydrogen-bond acceptors (Lipinski definition) is 4. The molecule has 2 aliphatic heterocycles. The highest BCUT2D eigenvalue weighted by molar-refractivity contribution is 5.92. The molecule has 0 bridgehead atoms. The van der Waals surface area contributed by atoms with Gasteiger partial charge in [-0.05, 0) is 13.5 Å². The predicted octanol–water partition coefficient (Wildman–Crippen LogP) is -1.30. The molecule has 22 heavy (non-hydrogen) atoms. The van der Waals surface area contributed by atoms with E-state index in [-0.39, 0.29) is 23.7 Å². The summed E-state index contributed by atoms with van der Waals surface area (Å²) in [6, 6.07) is 0. The SMILES string of the molecule is CN1CCN(C(=O)C2CC2C(=O)N2CCN(C=O)CC2)CC1. The third-order valence-electron chi connectivity index (χ3n) is 5.01. The van der Waals surface area contributed by atoms with E-state index in [1.54, 1.807) is 4.90 Å². The van der Waals surface area contributed by atoms with Crippen LogP contribution in [0.1, 0.15) is 6.42 Å². The van der Waals surface area contributed by atoms with Crippen LogP contribution in [0.3, 0.4) is 0 Å². The summed E-state index contributed by atoms with van der Waals surface area (Å²) in [5.41, 5.74) is 0. The molecule has 2 atom stereocenters. The molecule has 0 aromatic carbocycles. The van der Waals surface area contributed by atoms with E-state index in [0.29, 0.717) is 32.6 Å². The third-order valence-corrected chi connectivity index (χ3v) is 5.01. The molecule has 2 heterocycles. The van der Waals surface area contributed by atoms with Crippen LogP contribution in [0.25, 0.3) is 0 Å². The molecule has 3 aliphatic rings. The van der Waals surface area contributed by atoms with Gasteiger partial charge in [0.05, 0.1) is 11.8 Å². The van der Waals surface area contributed by atoms with E-state index in [2.05, 4.69) is 11.9 Å². The first-order valence-electron chi connectivity index (χ1n) is 8.05. The minimum Gasteiger partial charge on any atom is -0.342 e. The van der Waals surface area contributed by atoms with Crippen LogP contribution in [-0.2, 0) is 14.4 Å². The van der Waals surface area contributed by atoms with Gasteiger partial charge in [-0.3, -0.25) is 14.4 Å². The topological polar surface area (TPSA) is 64.2 Å². The van der Waals surface area contributed by atoms with Gasteiger partial charge in [-0.2, -0.15) is 0 Å².